The second-order valence-electron chi connectivity index (χ2n) is 5.77. The van der Waals surface area contributed by atoms with E-state index >= 15 is 0 Å². The molecular formula is C19H16N4O3S. The van der Waals surface area contributed by atoms with Crippen molar-refractivity contribution in [1.29, 1.82) is 0 Å². The first kappa shape index (κ1) is 17.2. The minimum Gasteiger partial charge on any atom is -0.439 e. The number of aromatic nitrogens is 3. The largest absolute Gasteiger partial charge is 0.439 e. The predicted octanol–water partition coefficient (Wildman–Crippen LogP) is 3.70. The number of rotatable bonds is 7. The van der Waals surface area contributed by atoms with E-state index in [1.54, 1.807) is 17.5 Å². The Morgan fingerprint density at radius 3 is 2.74 bits per heavy atom. The monoisotopic (exact) mass is 380 g/mol. The fraction of sp³-hybridized carbons (Fsp3) is 0.158. The lowest BCUT2D eigenvalue weighted by molar-refractivity contribution is -0.121. The highest BCUT2D eigenvalue weighted by Crippen LogP contribution is 2.21. The van der Waals surface area contributed by atoms with Crippen molar-refractivity contribution in [2.75, 3.05) is 0 Å². The van der Waals surface area contributed by atoms with Crippen LogP contribution in [0.4, 0.5) is 0 Å². The molecule has 0 spiro atoms. The third kappa shape index (κ3) is 4.29. The van der Waals surface area contributed by atoms with Gasteiger partial charge in [-0.25, -0.2) is 4.98 Å². The standard InChI is InChI=1S/C19H16N4O3S/c24-16(6-7-17-22-23-19(26-17)14-8-9-27-12-14)20-11-18-21-10-15(25-18)13-4-2-1-3-5-13/h1-5,8-10,12H,6-7,11H2,(H,20,24). The van der Waals surface area contributed by atoms with Crippen molar-refractivity contribution in [1.82, 2.24) is 20.5 Å². The minimum absolute atomic E-state index is 0.134. The van der Waals surface area contributed by atoms with Crippen molar-refractivity contribution < 1.29 is 13.6 Å². The van der Waals surface area contributed by atoms with E-state index in [4.69, 9.17) is 8.83 Å². The topological polar surface area (TPSA) is 94.0 Å². The number of nitrogens with zero attached hydrogens (tertiary/aromatic N) is 3. The SMILES string of the molecule is O=C(CCc1nnc(-c2ccsc2)o1)NCc1ncc(-c2ccccc2)o1. The van der Waals surface area contributed by atoms with E-state index in [-0.39, 0.29) is 18.9 Å². The van der Waals surface area contributed by atoms with Crippen LogP contribution in [0.3, 0.4) is 0 Å². The summed E-state index contributed by atoms with van der Waals surface area (Å²) in [5, 5.41) is 14.6. The zero-order chi connectivity index (χ0) is 18.5. The van der Waals surface area contributed by atoms with Gasteiger partial charge in [-0.05, 0) is 11.4 Å². The molecule has 1 amide bonds. The van der Waals surface area contributed by atoms with E-state index < -0.39 is 0 Å². The summed E-state index contributed by atoms with van der Waals surface area (Å²) in [6, 6.07) is 11.6. The summed E-state index contributed by atoms with van der Waals surface area (Å²) in [5.41, 5.74) is 1.83. The van der Waals surface area contributed by atoms with Gasteiger partial charge in [0.25, 0.3) is 0 Å². The van der Waals surface area contributed by atoms with Crippen molar-refractivity contribution >= 4 is 17.2 Å². The summed E-state index contributed by atoms with van der Waals surface area (Å²) in [6.45, 7) is 0.232. The summed E-state index contributed by atoms with van der Waals surface area (Å²) in [6.07, 6.45) is 2.28. The van der Waals surface area contributed by atoms with Crippen molar-refractivity contribution in [2.45, 2.75) is 19.4 Å². The van der Waals surface area contributed by atoms with E-state index in [9.17, 15) is 4.79 Å². The highest BCUT2D eigenvalue weighted by atomic mass is 32.1. The molecule has 1 aromatic carbocycles. The second-order valence-corrected chi connectivity index (χ2v) is 6.55. The van der Waals surface area contributed by atoms with Gasteiger partial charge >= 0.3 is 0 Å². The molecule has 0 bridgehead atoms. The maximum Gasteiger partial charge on any atom is 0.248 e. The number of hydrogen-bond acceptors (Lipinski definition) is 7. The lowest BCUT2D eigenvalue weighted by Gasteiger charge is -2.01. The lowest BCUT2D eigenvalue weighted by Crippen LogP contribution is -2.23. The Morgan fingerprint density at radius 1 is 1.04 bits per heavy atom. The van der Waals surface area contributed by atoms with Gasteiger partial charge in [0.05, 0.1) is 12.7 Å². The second kappa shape index (κ2) is 7.96. The molecule has 0 atom stereocenters. The third-order valence-electron chi connectivity index (χ3n) is 3.85. The van der Waals surface area contributed by atoms with Crippen LogP contribution in [0.2, 0.25) is 0 Å². The fourth-order valence-corrected chi connectivity index (χ4v) is 3.10. The molecule has 4 aromatic rings. The number of carbonyl (C=O) groups is 1. The molecule has 7 nitrogen and oxygen atoms in total. The Labute approximate surface area is 159 Å². The molecule has 0 unspecified atom stereocenters. The van der Waals surface area contributed by atoms with Crippen molar-refractivity contribution in [3.05, 3.63) is 65.1 Å². The first-order valence-corrected chi connectivity index (χ1v) is 9.34. The molecule has 0 saturated carbocycles. The van der Waals surface area contributed by atoms with Gasteiger partial charge in [-0.15, -0.1) is 10.2 Å². The average molecular weight is 380 g/mol. The van der Waals surface area contributed by atoms with Gasteiger partial charge < -0.3 is 14.2 Å². The van der Waals surface area contributed by atoms with Crippen LogP contribution >= 0.6 is 11.3 Å². The number of benzene rings is 1. The third-order valence-corrected chi connectivity index (χ3v) is 4.53. The Balaban J connectivity index is 1.26. The van der Waals surface area contributed by atoms with Crippen molar-refractivity contribution in [3.63, 3.8) is 0 Å². The molecule has 8 heteroatoms. The van der Waals surface area contributed by atoms with E-state index in [2.05, 4.69) is 20.5 Å². The van der Waals surface area contributed by atoms with Crippen LogP contribution in [-0.2, 0) is 17.8 Å². The van der Waals surface area contributed by atoms with Crippen LogP contribution in [-0.4, -0.2) is 21.1 Å². The summed E-state index contributed by atoms with van der Waals surface area (Å²) < 4.78 is 11.2. The van der Waals surface area contributed by atoms with E-state index in [1.165, 1.54) is 0 Å². The molecule has 4 rings (SSSR count). The van der Waals surface area contributed by atoms with Crippen LogP contribution in [0.1, 0.15) is 18.2 Å². The molecule has 136 valence electrons. The summed E-state index contributed by atoms with van der Waals surface area (Å²) in [5.74, 6) is 1.91. The number of amides is 1. The molecule has 0 aliphatic carbocycles. The Hall–Kier alpha value is -3.26. The maximum atomic E-state index is 12.0. The summed E-state index contributed by atoms with van der Waals surface area (Å²) in [4.78, 5) is 16.2. The van der Waals surface area contributed by atoms with Crippen LogP contribution in [0.25, 0.3) is 22.8 Å². The van der Waals surface area contributed by atoms with Gasteiger partial charge in [0.1, 0.15) is 0 Å². The molecule has 0 fully saturated rings. The van der Waals surface area contributed by atoms with Crippen molar-refractivity contribution in [2.24, 2.45) is 0 Å². The summed E-state index contributed by atoms with van der Waals surface area (Å²) in [7, 11) is 0. The molecule has 1 N–H and O–H groups in total. The lowest BCUT2D eigenvalue weighted by atomic mass is 10.2. The first-order valence-electron chi connectivity index (χ1n) is 8.40. The van der Waals surface area contributed by atoms with Crippen LogP contribution in [0.15, 0.2) is 62.2 Å². The molecular weight excluding hydrogens is 364 g/mol. The zero-order valence-corrected chi connectivity index (χ0v) is 15.1. The van der Waals surface area contributed by atoms with Gasteiger partial charge in [-0.1, -0.05) is 30.3 Å². The Bertz CT molecular complexity index is 1010. The molecule has 0 radical (unpaired) electrons. The Kier molecular flexibility index (Phi) is 5.06. The van der Waals surface area contributed by atoms with Crippen LogP contribution in [0, 0.1) is 0 Å². The summed E-state index contributed by atoms with van der Waals surface area (Å²) >= 11 is 1.56. The highest BCUT2D eigenvalue weighted by Gasteiger charge is 2.12. The van der Waals surface area contributed by atoms with E-state index in [0.717, 1.165) is 11.1 Å². The van der Waals surface area contributed by atoms with Crippen LogP contribution in [0.5, 0.6) is 0 Å². The molecule has 3 heterocycles. The van der Waals surface area contributed by atoms with Crippen molar-refractivity contribution in [3.8, 4) is 22.8 Å². The van der Waals surface area contributed by atoms with E-state index in [1.807, 2.05) is 47.2 Å². The number of carbonyl (C=O) groups excluding carboxylic acids is 1. The number of aryl methyl sites for hydroxylation is 1. The average Bonchev–Trinajstić information content (AvgIpc) is 3.47. The van der Waals surface area contributed by atoms with Gasteiger partial charge in [0.15, 0.2) is 5.76 Å². The number of oxazole rings is 1. The minimum atomic E-state index is -0.134. The van der Waals surface area contributed by atoms with Gasteiger partial charge in [0, 0.05) is 29.3 Å². The highest BCUT2D eigenvalue weighted by molar-refractivity contribution is 7.08. The molecule has 0 aliphatic rings. The van der Waals surface area contributed by atoms with Crippen LogP contribution < -0.4 is 5.32 Å². The van der Waals surface area contributed by atoms with Gasteiger partial charge in [-0.2, -0.15) is 11.3 Å². The normalized spacial score (nSPS) is 10.8. The number of thiophene rings is 1. The Morgan fingerprint density at radius 2 is 1.93 bits per heavy atom. The quantitative estimate of drug-likeness (QED) is 0.525. The van der Waals surface area contributed by atoms with Gasteiger partial charge in [0.2, 0.25) is 23.6 Å². The smallest absolute Gasteiger partial charge is 0.248 e. The number of nitrogens with one attached hydrogen (secondary N) is 1. The first-order chi connectivity index (χ1) is 13.3. The maximum absolute atomic E-state index is 12.0. The predicted molar refractivity (Wildman–Crippen MR) is 99.7 cm³/mol. The van der Waals surface area contributed by atoms with Gasteiger partial charge in [-0.3, -0.25) is 4.79 Å². The molecule has 27 heavy (non-hydrogen) atoms. The number of hydrogen-bond donors (Lipinski definition) is 1. The molecule has 0 aliphatic heterocycles. The molecule has 0 saturated heterocycles. The zero-order valence-electron chi connectivity index (χ0n) is 14.3. The van der Waals surface area contributed by atoms with E-state index in [0.29, 0.717) is 29.9 Å². The molecule has 3 aromatic heterocycles. The fourth-order valence-electron chi connectivity index (χ4n) is 2.47.